The highest BCUT2D eigenvalue weighted by Crippen LogP contribution is 2.24. The summed E-state index contributed by atoms with van der Waals surface area (Å²) in [6, 6.07) is 11.1. The van der Waals surface area contributed by atoms with Crippen molar-refractivity contribution in [3.05, 3.63) is 64.2 Å². The zero-order chi connectivity index (χ0) is 18.8. The number of anilines is 1. The lowest BCUT2D eigenvalue weighted by molar-refractivity contribution is -0.125. The van der Waals surface area contributed by atoms with Crippen LogP contribution in [-0.2, 0) is 11.3 Å². The molecule has 0 bridgehead atoms. The molecule has 5 nitrogen and oxygen atoms in total. The van der Waals surface area contributed by atoms with Crippen molar-refractivity contribution in [1.82, 2.24) is 4.90 Å². The molecule has 0 atom stereocenters. The van der Waals surface area contributed by atoms with Crippen LogP contribution in [0.2, 0.25) is 0 Å². The molecule has 0 radical (unpaired) electrons. The fourth-order valence-corrected chi connectivity index (χ4v) is 3.82. The van der Waals surface area contributed by atoms with Crippen molar-refractivity contribution in [3.63, 3.8) is 0 Å². The summed E-state index contributed by atoms with van der Waals surface area (Å²) in [5, 5.41) is 2.73. The molecule has 0 aromatic heterocycles. The van der Waals surface area contributed by atoms with Crippen molar-refractivity contribution in [2.24, 2.45) is 0 Å². The van der Waals surface area contributed by atoms with E-state index in [0.29, 0.717) is 5.56 Å². The first-order valence-electron chi connectivity index (χ1n) is 8.30. The molecule has 6 heteroatoms. The van der Waals surface area contributed by atoms with Gasteiger partial charge in [-0.25, -0.2) is 0 Å². The summed E-state index contributed by atoms with van der Waals surface area (Å²) in [7, 11) is 0. The van der Waals surface area contributed by atoms with Gasteiger partial charge in [-0.05, 0) is 49.6 Å². The van der Waals surface area contributed by atoms with Crippen molar-refractivity contribution in [2.75, 3.05) is 11.1 Å². The van der Waals surface area contributed by atoms with Crippen LogP contribution in [-0.4, -0.2) is 27.7 Å². The van der Waals surface area contributed by atoms with Gasteiger partial charge in [0.25, 0.3) is 11.1 Å². The Morgan fingerprint density at radius 3 is 2.42 bits per heavy atom. The lowest BCUT2D eigenvalue weighted by atomic mass is 10.0. The molecular formula is C20H20N2O3S. The number of nitrogens with zero attached hydrogens (tertiary/aromatic N) is 1. The monoisotopic (exact) mass is 368 g/mol. The molecule has 0 aliphatic carbocycles. The molecule has 1 heterocycles. The number of imide groups is 1. The van der Waals surface area contributed by atoms with E-state index in [9.17, 15) is 14.4 Å². The Labute approximate surface area is 156 Å². The highest BCUT2D eigenvalue weighted by Gasteiger charge is 2.29. The van der Waals surface area contributed by atoms with Crippen LogP contribution >= 0.6 is 11.8 Å². The quantitative estimate of drug-likeness (QED) is 0.884. The lowest BCUT2D eigenvalue weighted by Gasteiger charge is -2.15. The molecule has 1 saturated heterocycles. The highest BCUT2D eigenvalue weighted by atomic mass is 32.2. The number of thioether (sulfide) groups is 1. The van der Waals surface area contributed by atoms with Crippen molar-refractivity contribution < 1.29 is 14.4 Å². The van der Waals surface area contributed by atoms with Gasteiger partial charge in [-0.15, -0.1) is 0 Å². The van der Waals surface area contributed by atoms with E-state index in [-0.39, 0.29) is 29.4 Å². The molecule has 0 spiro atoms. The maximum atomic E-state index is 12.7. The van der Waals surface area contributed by atoms with E-state index >= 15 is 0 Å². The summed E-state index contributed by atoms with van der Waals surface area (Å²) in [5.74, 6) is -0.221. The zero-order valence-corrected chi connectivity index (χ0v) is 15.8. The molecule has 26 heavy (non-hydrogen) atoms. The standard InChI is InChI=1S/C20H20N2O3S/c1-12-7-13(2)18(14(3)8-12)21-19(24)16-6-4-5-15(9-16)10-22-17(23)11-26-20(22)25/h4-9H,10-11H2,1-3H3,(H,21,24). The molecule has 134 valence electrons. The van der Waals surface area contributed by atoms with Crippen molar-refractivity contribution in [2.45, 2.75) is 27.3 Å². The first-order chi connectivity index (χ1) is 12.3. The maximum Gasteiger partial charge on any atom is 0.289 e. The predicted molar refractivity (Wildman–Crippen MR) is 103 cm³/mol. The first-order valence-corrected chi connectivity index (χ1v) is 9.29. The molecular weight excluding hydrogens is 348 g/mol. The van der Waals surface area contributed by atoms with E-state index in [4.69, 9.17) is 0 Å². The minimum Gasteiger partial charge on any atom is -0.322 e. The van der Waals surface area contributed by atoms with Gasteiger partial charge in [-0.1, -0.05) is 41.6 Å². The topological polar surface area (TPSA) is 66.5 Å². The van der Waals surface area contributed by atoms with Gasteiger partial charge in [0.15, 0.2) is 0 Å². The van der Waals surface area contributed by atoms with Crippen LogP contribution in [0.3, 0.4) is 0 Å². The summed E-state index contributed by atoms with van der Waals surface area (Å²) < 4.78 is 0. The Morgan fingerprint density at radius 1 is 1.12 bits per heavy atom. The van der Waals surface area contributed by atoms with Crippen molar-refractivity contribution >= 4 is 34.5 Å². The number of hydrogen-bond acceptors (Lipinski definition) is 4. The Hall–Kier alpha value is -2.60. The second-order valence-electron chi connectivity index (χ2n) is 6.46. The van der Waals surface area contributed by atoms with Crippen LogP contribution in [0, 0.1) is 20.8 Å². The Bertz CT molecular complexity index is 869. The first kappa shape index (κ1) is 18.2. The number of carbonyl (C=O) groups excluding carboxylic acids is 3. The number of benzene rings is 2. The third-order valence-corrected chi connectivity index (χ3v) is 5.14. The second kappa shape index (κ2) is 7.33. The molecule has 3 rings (SSSR count). The molecule has 1 N–H and O–H groups in total. The number of nitrogens with one attached hydrogen (secondary N) is 1. The van der Waals surface area contributed by atoms with Crippen molar-refractivity contribution in [3.8, 4) is 0 Å². The predicted octanol–water partition coefficient (Wildman–Crippen LogP) is 4.06. The Morgan fingerprint density at radius 2 is 1.81 bits per heavy atom. The van der Waals surface area contributed by atoms with Crippen LogP contribution in [0.1, 0.15) is 32.6 Å². The fraction of sp³-hybridized carbons (Fsp3) is 0.250. The Balaban J connectivity index is 1.79. The van der Waals surface area contributed by atoms with Crippen LogP contribution in [0.15, 0.2) is 36.4 Å². The maximum absolute atomic E-state index is 12.7. The van der Waals surface area contributed by atoms with E-state index in [1.807, 2.05) is 39.0 Å². The van der Waals surface area contributed by atoms with Gasteiger partial charge in [-0.3, -0.25) is 19.3 Å². The average molecular weight is 368 g/mol. The zero-order valence-electron chi connectivity index (χ0n) is 15.0. The molecule has 1 fully saturated rings. The van der Waals surface area contributed by atoms with E-state index in [1.165, 1.54) is 4.90 Å². The Kier molecular flexibility index (Phi) is 5.13. The molecule has 1 aliphatic heterocycles. The molecule has 0 saturated carbocycles. The summed E-state index contributed by atoms with van der Waals surface area (Å²) >= 11 is 1.01. The summed E-state index contributed by atoms with van der Waals surface area (Å²) in [5.41, 5.74) is 5.23. The van der Waals surface area contributed by atoms with Gasteiger partial charge >= 0.3 is 0 Å². The highest BCUT2D eigenvalue weighted by molar-refractivity contribution is 8.14. The van der Waals surface area contributed by atoms with Gasteiger partial charge in [0.05, 0.1) is 12.3 Å². The fourth-order valence-electron chi connectivity index (χ4n) is 3.09. The second-order valence-corrected chi connectivity index (χ2v) is 7.39. The van der Waals surface area contributed by atoms with Crippen LogP contribution in [0.5, 0.6) is 0 Å². The van der Waals surface area contributed by atoms with Gasteiger partial charge in [-0.2, -0.15) is 0 Å². The molecule has 1 aliphatic rings. The molecule has 2 aromatic carbocycles. The number of hydrogen-bond donors (Lipinski definition) is 1. The van der Waals surface area contributed by atoms with Crippen LogP contribution in [0.25, 0.3) is 0 Å². The molecule has 3 amide bonds. The van der Waals surface area contributed by atoms with Gasteiger partial charge in [0, 0.05) is 11.3 Å². The number of carbonyl (C=O) groups is 3. The van der Waals surface area contributed by atoms with Crippen LogP contribution in [0.4, 0.5) is 10.5 Å². The number of rotatable bonds is 4. The van der Waals surface area contributed by atoms with E-state index in [1.54, 1.807) is 18.2 Å². The summed E-state index contributed by atoms with van der Waals surface area (Å²) in [6.07, 6.45) is 0. The van der Waals surface area contributed by atoms with Gasteiger partial charge in [0.2, 0.25) is 5.91 Å². The SMILES string of the molecule is Cc1cc(C)c(NC(=O)c2cccc(CN3C(=O)CSC3=O)c2)c(C)c1. The summed E-state index contributed by atoms with van der Waals surface area (Å²) in [6.45, 7) is 6.14. The van der Waals surface area contributed by atoms with Gasteiger partial charge < -0.3 is 5.32 Å². The minimum atomic E-state index is -0.240. The molecule has 0 unspecified atom stereocenters. The summed E-state index contributed by atoms with van der Waals surface area (Å²) in [4.78, 5) is 37.4. The molecule has 2 aromatic rings. The third kappa shape index (κ3) is 3.80. The normalized spacial score (nSPS) is 14.0. The van der Waals surface area contributed by atoms with E-state index < -0.39 is 0 Å². The lowest BCUT2D eigenvalue weighted by Crippen LogP contribution is -2.28. The minimum absolute atomic E-state index is 0.186. The van der Waals surface area contributed by atoms with Crippen LogP contribution < -0.4 is 5.32 Å². The number of amides is 3. The van der Waals surface area contributed by atoms with Crippen molar-refractivity contribution in [1.29, 1.82) is 0 Å². The third-order valence-electron chi connectivity index (χ3n) is 4.29. The van der Waals surface area contributed by atoms with E-state index in [2.05, 4.69) is 5.32 Å². The smallest absolute Gasteiger partial charge is 0.289 e. The largest absolute Gasteiger partial charge is 0.322 e. The van der Waals surface area contributed by atoms with Gasteiger partial charge in [0.1, 0.15) is 0 Å². The van der Waals surface area contributed by atoms with E-state index in [0.717, 1.165) is 39.7 Å². The average Bonchev–Trinajstić information content (AvgIpc) is 2.90. The number of aryl methyl sites for hydroxylation is 3.